The predicted molar refractivity (Wildman–Crippen MR) is 123 cm³/mol. The average molecular weight is 499 g/mol. The zero-order chi connectivity index (χ0) is 25.4. The summed E-state index contributed by atoms with van der Waals surface area (Å²) < 4.78 is 52.2. The van der Waals surface area contributed by atoms with Crippen LogP contribution in [0.3, 0.4) is 0 Å². The van der Waals surface area contributed by atoms with E-state index in [0.717, 1.165) is 38.5 Å². The van der Waals surface area contributed by atoms with E-state index in [9.17, 15) is 23.1 Å². The van der Waals surface area contributed by atoms with E-state index in [1.807, 2.05) is 0 Å². The molecule has 5 aliphatic carbocycles. The second-order valence-corrected chi connectivity index (χ2v) is 13.9. The Balaban J connectivity index is 1.30. The monoisotopic (exact) mass is 498 g/mol. The molecular formula is C28H41F3O4. The maximum absolute atomic E-state index is 13.6. The van der Waals surface area contributed by atoms with Crippen molar-refractivity contribution in [2.24, 2.45) is 51.2 Å². The number of esters is 1. The van der Waals surface area contributed by atoms with Gasteiger partial charge in [0, 0.05) is 18.8 Å². The first kappa shape index (κ1) is 24.5. The van der Waals surface area contributed by atoms with Crippen LogP contribution in [0.5, 0.6) is 0 Å². The van der Waals surface area contributed by atoms with Gasteiger partial charge >= 0.3 is 12.1 Å². The highest BCUT2D eigenvalue weighted by Gasteiger charge is 2.85. The molecule has 0 aromatic carbocycles. The maximum atomic E-state index is 13.6. The van der Waals surface area contributed by atoms with Crippen molar-refractivity contribution in [3.8, 4) is 0 Å². The van der Waals surface area contributed by atoms with Crippen molar-refractivity contribution in [1.29, 1.82) is 0 Å². The number of carbonyl (C=O) groups is 1. The molecule has 35 heavy (non-hydrogen) atoms. The Morgan fingerprint density at radius 1 is 0.943 bits per heavy atom. The first-order chi connectivity index (χ1) is 16.2. The summed E-state index contributed by atoms with van der Waals surface area (Å²) in [4.78, 5) is 11.8. The molecule has 198 valence electrons. The summed E-state index contributed by atoms with van der Waals surface area (Å²) in [6, 6.07) is 0. The molecule has 5 saturated carbocycles. The molecule has 0 aromatic heterocycles. The minimum Gasteiger partial charge on any atom is -0.462 e. The fourth-order valence-corrected chi connectivity index (χ4v) is 11.6. The lowest BCUT2D eigenvalue weighted by Crippen LogP contribution is -2.56. The average Bonchev–Trinajstić information content (AvgIpc) is 3.13. The summed E-state index contributed by atoms with van der Waals surface area (Å²) in [6.07, 6.45) is 1.69. The van der Waals surface area contributed by atoms with Gasteiger partial charge in [0.1, 0.15) is 6.10 Å². The Labute approximate surface area is 206 Å². The number of hydrogen-bond donors (Lipinski definition) is 1. The molecule has 1 aliphatic heterocycles. The van der Waals surface area contributed by atoms with Gasteiger partial charge in [-0.25, -0.2) is 0 Å². The van der Waals surface area contributed by atoms with E-state index in [-0.39, 0.29) is 46.1 Å². The molecular weight excluding hydrogens is 457 g/mol. The lowest BCUT2D eigenvalue weighted by molar-refractivity contribution is -0.395. The summed E-state index contributed by atoms with van der Waals surface area (Å²) in [5.74, 6) is -1.18. The van der Waals surface area contributed by atoms with Crippen molar-refractivity contribution in [3.63, 3.8) is 0 Å². The largest absolute Gasteiger partial charge is 0.462 e. The van der Waals surface area contributed by atoms with E-state index in [1.165, 1.54) is 6.92 Å². The molecule has 6 fully saturated rings. The third kappa shape index (κ3) is 2.76. The minimum absolute atomic E-state index is 0.0195. The second-order valence-electron chi connectivity index (χ2n) is 13.9. The highest BCUT2D eigenvalue weighted by atomic mass is 19.4. The number of aliphatic hydroxyl groups is 1. The summed E-state index contributed by atoms with van der Waals surface area (Å²) in [5, 5.41) is 10.3. The normalized spacial score (nSPS) is 56.1. The Morgan fingerprint density at radius 2 is 1.66 bits per heavy atom. The van der Waals surface area contributed by atoms with Crippen LogP contribution in [0.1, 0.15) is 92.4 Å². The van der Waals surface area contributed by atoms with Gasteiger partial charge in [0.25, 0.3) is 5.79 Å². The summed E-state index contributed by atoms with van der Waals surface area (Å²) in [7, 11) is 0. The Hall–Kier alpha value is -0.820. The van der Waals surface area contributed by atoms with Crippen molar-refractivity contribution < 1.29 is 32.5 Å². The molecule has 0 aromatic rings. The fourth-order valence-electron chi connectivity index (χ4n) is 11.6. The lowest BCUT2D eigenvalue weighted by Gasteiger charge is -2.59. The number of ether oxygens (including phenoxy) is 2. The maximum Gasteiger partial charge on any atom is 0.443 e. The van der Waals surface area contributed by atoms with E-state index in [0.29, 0.717) is 36.5 Å². The number of halogens is 3. The van der Waals surface area contributed by atoms with Crippen LogP contribution in [0.4, 0.5) is 13.2 Å². The van der Waals surface area contributed by atoms with Gasteiger partial charge in [0.2, 0.25) is 0 Å². The first-order valence-corrected chi connectivity index (χ1v) is 13.8. The fraction of sp³-hybridized carbons (Fsp3) is 0.964. The smallest absolute Gasteiger partial charge is 0.443 e. The molecule has 2 spiro atoms. The SMILES string of the molecule is CC(=O)O[C@H]1CCC23C(CCC4C5CC6OC(O)(C(F)(F)F)CCC6[C@@]5(C)CC[C@]42[C@@H]3C)C1(C)C. The number of fused-ring (bicyclic) bond motifs is 4. The van der Waals surface area contributed by atoms with Gasteiger partial charge in [-0.15, -0.1) is 0 Å². The van der Waals surface area contributed by atoms with Crippen molar-refractivity contribution >= 4 is 5.97 Å². The van der Waals surface area contributed by atoms with Crippen LogP contribution in [-0.4, -0.2) is 35.2 Å². The molecule has 0 bridgehead atoms. The van der Waals surface area contributed by atoms with Crippen molar-refractivity contribution in [3.05, 3.63) is 0 Å². The van der Waals surface area contributed by atoms with Crippen molar-refractivity contribution in [1.82, 2.24) is 0 Å². The van der Waals surface area contributed by atoms with Gasteiger partial charge in [-0.3, -0.25) is 4.79 Å². The quantitative estimate of drug-likeness (QED) is 0.434. The van der Waals surface area contributed by atoms with Gasteiger partial charge in [-0.05, 0) is 97.2 Å². The molecule has 7 unspecified atom stereocenters. The molecule has 1 N–H and O–H groups in total. The molecule has 0 radical (unpaired) electrons. The second kappa shape index (κ2) is 6.98. The highest BCUT2D eigenvalue weighted by Crippen LogP contribution is 2.89. The lowest BCUT2D eigenvalue weighted by atomic mass is 9.46. The van der Waals surface area contributed by atoms with E-state index in [4.69, 9.17) is 9.47 Å². The van der Waals surface area contributed by atoms with Crippen molar-refractivity contribution in [2.45, 2.75) is 117 Å². The van der Waals surface area contributed by atoms with Crippen LogP contribution >= 0.6 is 0 Å². The molecule has 6 rings (SSSR count). The molecule has 1 saturated heterocycles. The van der Waals surface area contributed by atoms with Crippen LogP contribution in [0, 0.1) is 51.2 Å². The van der Waals surface area contributed by atoms with Crippen LogP contribution in [0.2, 0.25) is 0 Å². The summed E-state index contributed by atoms with van der Waals surface area (Å²) in [6.45, 7) is 10.8. The Bertz CT molecular complexity index is 934. The van der Waals surface area contributed by atoms with Gasteiger partial charge < -0.3 is 14.6 Å². The van der Waals surface area contributed by atoms with Crippen LogP contribution in [-0.2, 0) is 14.3 Å². The molecule has 1 heterocycles. The Kier molecular flexibility index (Phi) is 4.89. The third-order valence-electron chi connectivity index (χ3n) is 13.0. The van der Waals surface area contributed by atoms with Crippen LogP contribution in [0.15, 0.2) is 0 Å². The predicted octanol–water partition coefficient (Wildman–Crippen LogP) is 6.25. The number of carbonyl (C=O) groups excluding carboxylic acids is 1. The summed E-state index contributed by atoms with van der Waals surface area (Å²) >= 11 is 0. The number of rotatable bonds is 1. The molecule has 7 heteroatoms. The highest BCUT2D eigenvalue weighted by molar-refractivity contribution is 5.66. The zero-order valence-electron chi connectivity index (χ0n) is 21.7. The van der Waals surface area contributed by atoms with Crippen LogP contribution in [0.25, 0.3) is 0 Å². The molecule has 4 nitrogen and oxygen atoms in total. The van der Waals surface area contributed by atoms with E-state index in [2.05, 4.69) is 27.7 Å². The number of alkyl halides is 3. The zero-order valence-corrected chi connectivity index (χ0v) is 21.7. The summed E-state index contributed by atoms with van der Waals surface area (Å²) in [5.41, 5.74) is 0.392. The van der Waals surface area contributed by atoms with Gasteiger partial charge in [0.05, 0.1) is 6.10 Å². The van der Waals surface area contributed by atoms with E-state index >= 15 is 0 Å². The van der Waals surface area contributed by atoms with Gasteiger partial charge in [0.15, 0.2) is 0 Å². The number of hydrogen-bond acceptors (Lipinski definition) is 4. The Morgan fingerprint density at radius 3 is 2.31 bits per heavy atom. The molecule has 0 amide bonds. The first-order valence-electron chi connectivity index (χ1n) is 13.8. The molecule has 11 atom stereocenters. The molecule has 6 aliphatic rings. The van der Waals surface area contributed by atoms with Gasteiger partial charge in [-0.2, -0.15) is 13.2 Å². The van der Waals surface area contributed by atoms with E-state index in [1.54, 1.807) is 0 Å². The van der Waals surface area contributed by atoms with Gasteiger partial charge in [-0.1, -0.05) is 27.7 Å². The standard InChI is InChI=1S/C28H41F3O4/c1-15-25-13-12-24(5)18-8-11-27(33,28(29,30)31)35-20(18)14-19(24)17(25)6-7-21-23(3,4)22(34-16(2)32)9-10-26(15,21)25/h15,17-22,33H,6-14H2,1-5H3/t15-,17?,18?,19?,20?,21?,22-,24+,25-,26?,27?/m0/s1. The minimum atomic E-state index is -4.76. The van der Waals surface area contributed by atoms with E-state index < -0.39 is 18.1 Å². The topological polar surface area (TPSA) is 55.8 Å². The van der Waals surface area contributed by atoms with Crippen molar-refractivity contribution in [2.75, 3.05) is 0 Å². The third-order valence-corrected chi connectivity index (χ3v) is 13.0. The van der Waals surface area contributed by atoms with Crippen LogP contribution < -0.4 is 0 Å².